The number of furan rings is 2. The van der Waals surface area contributed by atoms with Crippen LogP contribution in [0.1, 0.15) is 0 Å². The Labute approximate surface area is 287 Å². The van der Waals surface area contributed by atoms with E-state index in [4.69, 9.17) is 23.8 Å². The molecule has 5 nitrogen and oxygen atoms in total. The molecule has 0 atom stereocenters. The van der Waals surface area contributed by atoms with Crippen molar-refractivity contribution in [2.24, 2.45) is 0 Å². The molecule has 50 heavy (non-hydrogen) atoms. The minimum atomic E-state index is 0.574. The van der Waals surface area contributed by atoms with Crippen molar-refractivity contribution in [2.45, 2.75) is 0 Å². The summed E-state index contributed by atoms with van der Waals surface area (Å²) < 4.78 is 12.7. The molecule has 0 spiro atoms. The third-order valence-electron chi connectivity index (χ3n) is 9.37. The highest BCUT2D eigenvalue weighted by Crippen LogP contribution is 2.40. The smallest absolute Gasteiger partial charge is 0.164 e. The Kier molecular flexibility index (Phi) is 6.42. The van der Waals surface area contributed by atoms with Crippen LogP contribution in [0.3, 0.4) is 0 Å². The number of benzene rings is 7. The number of hydrogen-bond acceptors (Lipinski definition) is 5. The SMILES string of the molecule is c1ccc(-c2ccc(-c3ccc4oc5cccc(-c6nc(-c7ccccc7)nc(-c7cccc8oc9ccccc9c78)n6)c5c4c3)cc2)cc1. The van der Waals surface area contributed by atoms with E-state index in [-0.39, 0.29) is 0 Å². The number of para-hydroxylation sites is 1. The summed E-state index contributed by atoms with van der Waals surface area (Å²) in [5.41, 5.74) is 10.5. The van der Waals surface area contributed by atoms with Gasteiger partial charge < -0.3 is 8.83 Å². The van der Waals surface area contributed by atoms with Gasteiger partial charge in [-0.15, -0.1) is 0 Å². The monoisotopic (exact) mass is 641 g/mol. The summed E-state index contributed by atoms with van der Waals surface area (Å²) in [6.07, 6.45) is 0. The van der Waals surface area contributed by atoms with Gasteiger partial charge in [0.1, 0.15) is 22.3 Å². The number of hydrogen-bond donors (Lipinski definition) is 0. The number of rotatable bonds is 5. The van der Waals surface area contributed by atoms with E-state index in [9.17, 15) is 0 Å². The summed E-state index contributed by atoms with van der Waals surface area (Å²) >= 11 is 0. The van der Waals surface area contributed by atoms with Crippen LogP contribution in [0, 0.1) is 0 Å². The molecule has 0 unspecified atom stereocenters. The second kappa shape index (κ2) is 11.4. The lowest BCUT2D eigenvalue weighted by molar-refractivity contribution is 0.668. The van der Waals surface area contributed by atoms with Crippen LogP contribution in [0.2, 0.25) is 0 Å². The third-order valence-corrected chi connectivity index (χ3v) is 9.37. The van der Waals surface area contributed by atoms with E-state index in [2.05, 4.69) is 84.9 Å². The first-order valence-corrected chi connectivity index (χ1v) is 16.6. The fourth-order valence-electron chi connectivity index (χ4n) is 6.97. The molecule has 10 aromatic rings. The predicted molar refractivity (Wildman–Crippen MR) is 202 cm³/mol. The summed E-state index contributed by atoms with van der Waals surface area (Å²) in [6, 6.07) is 55.8. The molecule has 0 aliphatic rings. The quantitative estimate of drug-likeness (QED) is 0.187. The van der Waals surface area contributed by atoms with Gasteiger partial charge in [-0.1, -0.05) is 133 Å². The molecule has 5 heteroatoms. The Morgan fingerprint density at radius 2 is 0.760 bits per heavy atom. The highest BCUT2D eigenvalue weighted by Gasteiger charge is 2.20. The lowest BCUT2D eigenvalue weighted by Crippen LogP contribution is -2.00. The lowest BCUT2D eigenvalue weighted by atomic mass is 9.98. The second-order valence-corrected chi connectivity index (χ2v) is 12.4. The van der Waals surface area contributed by atoms with Crippen molar-refractivity contribution in [3.63, 3.8) is 0 Å². The van der Waals surface area contributed by atoms with Gasteiger partial charge in [-0.2, -0.15) is 0 Å². The molecule has 0 aliphatic heterocycles. The van der Waals surface area contributed by atoms with Crippen molar-refractivity contribution in [1.29, 1.82) is 0 Å². The normalized spacial score (nSPS) is 11.6. The van der Waals surface area contributed by atoms with Gasteiger partial charge >= 0.3 is 0 Å². The number of nitrogens with zero attached hydrogens (tertiary/aromatic N) is 3. The Balaban J connectivity index is 1.17. The van der Waals surface area contributed by atoms with Gasteiger partial charge in [0.25, 0.3) is 0 Å². The number of fused-ring (bicyclic) bond motifs is 6. The van der Waals surface area contributed by atoms with Crippen molar-refractivity contribution in [2.75, 3.05) is 0 Å². The van der Waals surface area contributed by atoms with Gasteiger partial charge in [0, 0.05) is 38.2 Å². The minimum absolute atomic E-state index is 0.574. The molecule has 10 rings (SSSR count). The van der Waals surface area contributed by atoms with Crippen molar-refractivity contribution in [1.82, 2.24) is 15.0 Å². The molecule has 7 aromatic carbocycles. The van der Waals surface area contributed by atoms with Crippen LogP contribution in [-0.2, 0) is 0 Å². The molecule has 0 saturated carbocycles. The summed E-state index contributed by atoms with van der Waals surface area (Å²) in [7, 11) is 0. The van der Waals surface area contributed by atoms with E-state index in [0.717, 1.165) is 71.7 Å². The first kappa shape index (κ1) is 28.2. The Morgan fingerprint density at radius 1 is 0.300 bits per heavy atom. The number of aromatic nitrogens is 3. The largest absolute Gasteiger partial charge is 0.456 e. The van der Waals surface area contributed by atoms with Crippen molar-refractivity contribution < 1.29 is 8.83 Å². The Hall–Kier alpha value is -6.85. The standard InChI is InChI=1S/C45H27N3O2/c1-3-11-28(12-4-1)29-21-23-30(24-22-29)32-25-26-38-36(27-32)42-35(17-10-20-40(42)50-38)45-47-43(31-13-5-2-6-14-31)46-44(48-45)34-16-9-19-39-41(34)33-15-7-8-18-37(33)49-39/h1-27H. The molecule has 0 amide bonds. The molecule has 0 aliphatic carbocycles. The van der Waals surface area contributed by atoms with Crippen LogP contribution in [-0.4, -0.2) is 15.0 Å². The fourth-order valence-corrected chi connectivity index (χ4v) is 6.97. The molecular formula is C45H27N3O2. The molecule has 0 saturated heterocycles. The van der Waals surface area contributed by atoms with E-state index < -0.39 is 0 Å². The summed E-state index contributed by atoms with van der Waals surface area (Å²) in [6.45, 7) is 0. The van der Waals surface area contributed by atoms with Gasteiger partial charge in [-0.05, 0) is 52.6 Å². The van der Waals surface area contributed by atoms with E-state index >= 15 is 0 Å². The van der Waals surface area contributed by atoms with Crippen molar-refractivity contribution in [3.05, 3.63) is 164 Å². The van der Waals surface area contributed by atoms with Gasteiger partial charge in [-0.25, -0.2) is 15.0 Å². The topological polar surface area (TPSA) is 65.0 Å². The molecule has 3 heterocycles. The Bertz CT molecular complexity index is 2850. The predicted octanol–water partition coefficient (Wildman–Crippen LogP) is 12.0. The van der Waals surface area contributed by atoms with Crippen LogP contribution in [0.25, 0.3) is 100 Å². The van der Waals surface area contributed by atoms with E-state index in [1.54, 1.807) is 0 Å². The third kappa shape index (κ3) is 4.67. The minimum Gasteiger partial charge on any atom is -0.456 e. The van der Waals surface area contributed by atoms with E-state index in [1.165, 1.54) is 11.1 Å². The Morgan fingerprint density at radius 3 is 1.42 bits per heavy atom. The van der Waals surface area contributed by atoms with E-state index in [1.807, 2.05) is 78.9 Å². The van der Waals surface area contributed by atoms with Gasteiger partial charge in [0.15, 0.2) is 17.5 Å². The molecule has 0 N–H and O–H groups in total. The first-order valence-electron chi connectivity index (χ1n) is 16.6. The molecule has 234 valence electrons. The summed E-state index contributed by atoms with van der Waals surface area (Å²) in [5.74, 6) is 1.75. The highest BCUT2D eigenvalue weighted by atomic mass is 16.3. The maximum Gasteiger partial charge on any atom is 0.164 e. The van der Waals surface area contributed by atoms with Crippen LogP contribution in [0.4, 0.5) is 0 Å². The van der Waals surface area contributed by atoms with Crippen LogP contribution < -0.4 is 0 Å². The fraction of sp³-hybridized carbons (Fsp3) is 0. The van der Waals surface area contributed by atoms with Crippen LogP contribution >= 0.6 is 0 Å². The highest BCUT2D eigenvalue weighted by molar-refractivity contribution is 6.14. The van der Waals surface area contributed by atoms with E-state index in [0.29, 0.717) is 17.5 Å². The molecule has 0 radical (unpaired) electrons. The maximum absolute atomic E-state index is 6.42. The average molecular weight is 642 g/mol. The molecule has 0 fully saturated rings. The first-order chi connectivity index (χ1) is 24.8. The van der Waals surface area contributed by atoms with Crippen molar-refractivity contribution in [3.8, 4) is 56.4 Å². The zero-order valence-electron chi connectivity index (χ0n) is 26.7. The summed E-state index contributed by atoms with van der Waals surface area (Å²) in [4.78, 5) is 15.3. The van der Waals surface area contributed by atoms with Gasteiger partial charge in [-0.3, -0.25) is 0 Å². The lowest BCUT2D eigenvalue weighted by Gasteiger charge is -2.10. The maximum atomic E-state index is 6.42. The van der Waals surface area contributed by atoms with Gasteiger partial charge in [0.2, 0.25) is 0 Å². The molecule has 3 aromatic heterocycles. The molecular weight excluding hydrogens is 615 g/mol. The average Bonchev–Trinajstić information content (AvgIpc) is 3.77. The molecule has 0 bridgehead atoms. The summed E-state index contributed by atoms with van der Waals surface area (Å²) in [5, 5.41) is 3.97. The zero-order valence-corrected chi connectivity index (χ0v) is 26.7. The van der Waals surface area contributed by atoms with Crippen molar-refractivity contribution >= 4 is 43.9 Å². The van der Waals surface area contributed by atoms with Crippen LogP contribution in [0.15, 0.2) is 173 Å². The van der Waals surface area contributed by atoms with Gasteiger partial charge in [0.05, 0.1) is 0 Å². The zero-order chi connectivity index (χ0) is 33.0. The second-order valence-electron chi connectivity index (χ2n) is 12.4. The van der Waals surface area contributed by atoms with Crippen LogP contribution in [0.5, 0.6) is 0 Å².